The highest BCUT2D eigenvalue weighted by Crippen LogP contribution is 2.12. The predicted molar refractivity (Wildman–Crippen MR) is 76.8 cm³/mol. The van der Waals surface area contributed by atoms with Gasteiger partial charge in [0.05, 0.1) is 6.42 Å². The lowest BCUT2D eigenvalue weighted by molar-refractivity contribution is -0.132. The molecule has 0 atom stereocenters. The average Bonchev–Trinajstić information content (AvgIpc) is 2.48. The predicted octanol–water partition coefficient (Wildman–Crippen LogP) is 1.00. The number of benzene rings is 1. The molecule has 0 bridgehead atoms. The van der Waals surface area contributed by atoms with Crippen LogP contribution in [0.2, 0.25) is 0 Å². The molecule has 116 valence electrons. The van der Waals surface area contributed by atoms with Crippen LogP contribution in [0.4, 0.5) is 8.78 Å². The van der Waals surface area contributed by atoms with Gasteiger partial charge in [0.25, 0.3) is 0 Å². The number of hydrogen-bond acceptors (Lipinski definition) is 3. The first-order valence-corrected chi connectivity index (χ1v) is 7.24. The molecule has 2 N–H and O–H groups in total. The number of nitrogens with two attached hydrogens (primary N) is 1. The van der Waals surface area contributed by atoms with Crippen LogP contribution in [0.25, 0.3) is 0 Å². The summed E-state index contributed by atoms with van der Waals surface area (Å²) in [4.78, 5) is 16.2. The Kier molecular flexibility index (Phi) is 5.64. The zero-order valence-electron chi connectivity index (χ0n) is 12.0. The van der Waals surface area contributed by atoms with Crippen LogP contribution < -0.4 is 5.73 Å². The maximum atomic E-state index is 13.5. The summed E-state index contributed by atoms with van der Waals surface area (Å²) in [5.41, 5.74) is 5.72. The molecule has 1 fully saturated rings. The monoisotopic (exact) mass is 297 g/mol. The molecule has 1 amide bonds. The highest BCUT2D eigenvalue weighted by molar-refractivity contribution is 5.79. The van der Waals surface area contributed by atoms with Gasteiger partial charge in [0, 0.05) is 32.2 Å². The highest BCUT2D eigenvalue weighted by atomic mass is 19.1. The first-order chi connectivity index (χ1) is 10.1. The fourth-order valence-electron chi connectivity index (χ4n) is 2.48. The van der Waals surface area contributed by atoms with E-state index in [-0.39, 0.29) is 17.9 Å². The van der Waals surface area contributed by atoms with Gasteiger partial charge >= 0.3 is 0 Å². The van der Waals surface area contributed by atoms with Crippen LogP contribution in [-0.2, 0) is 11.2 Å². The van der Waals surface area contributed by atoms with E-state index in [2.05, 4.69) is 4.90 Å². The van der Waals surface area contributed by atoms with E-state index in [9.17, 15) is 13.6 Å². The molecule has 1 aromatic rings. The summed E-state index contributed by atoms with van der Waals surface area (Å²) in [7, 11) is 0. The quantitative estimate of drug-likeness (QED) is 0.882. The third-order valence-electron chi connectivity index (χ3n) is 3.76. The number of rotatable bonds is 5. The van der Waals surface area contributed by atoms with E-state index in [1.165, 1.54) is 12.1 Å². The summed E-state index contributed by atoms with van der Waals surface area (Å²) in [6.45, 7) is 4.54. The smallest absolute Gasteiger partial charge is 0.227 e. The molecule has 21 heavy (non-hydrogen) atoms. The fourth-order valence-corrected chi connectivity index (χ4v) is 2.48. The molecule has 1 aliphatic rings. The Balaban J connectivity index is 1.84. The Morgan fingerprint density at radius 3 is 2.52 bits per heavy atom. The molecule has 1 saturated heterocycles. The van der Waals surface area contributed by atoms with Crippen LogP contribution in [0, 0.1) is 11.6 Å². The third kappa shape index (κ3) is 4.47. The van der Waals surface area contributed by atoms with Gasteiger partial charge in [-0.1, -0.05) is 6.07 Å². The summed E-state index contributed by atoms with van der Waals surface area (Å²) in [6.07, 6.45) is 0.934. The van der Waals surface area contributed by atoms with Crippen molar-refractivity contribution in [3.8, 4) is 0 Å². The minimum atomic E-state index is -0.662. The molecule has 0 unspecified atom stereocenters. The zero-order chi connectivity index (χ0) is 15.2. The van der Waals surface area contributed by atoms with Crippen LogP contribution >= 0.6 is 0 Å². The van der Waals surface area contributed by atoms with Crippen LogP contribution in [0.5, 0.6) is 0 Å². The van der Waals surface area contributed by atoms with E-state index in [1.807, 2.05) is 0 Å². The lowest BCUT2D eigenvalue weighted by atomic mass is 10.1. The number of carbonyl (C=O) groups is 1. The second-order valence-electron chi connectivity index (χ2n) is 5.28. The van der Waals surface area contributed by atoms with Crippen molar-refractivity contribution in [3.05, 3.63) is 35.4 Å². The van der Waals surface area contributed by atoms with Crippen molar-refractivity contribution in [1.82, 2.24) is 9.80 Å². The Bertz CT molecular complexity index is 488. The molecular weight excluding hydrogens is 276 g/mol. The molecule has 1 aliphatic heterocycles. The molecular formula is C15H21F2N3O. The van der Waals surface area contributed by atoms with E-state index >= 15 is 0 Å². The Labute approximate surface area is 123 Å². The average molecular weight is 297 g/mol. The fraction of sp³-hybridized carbons (Fsp3) is 0.533. The van der Waals surface area contributed by atoms with Crippen LogP contribution in [-0.4, -0.2) is 55.0 Å². The SMILES string of the molecule is NCCCN1CCN(C(=O)Cc2ccc(F)cc2F)CC1. The van der Waals surface area contributed by atoms with Crippen LogP contribution in [0.15, 0.2) is 18.2 Å². The minimum absolute atomic E-state index is 0.0189. The molecule has 0 aromatic heterocycles. The number of nitrogens with zero attached hydrogens (tertiary/aromatic N) is 2. The van der Waals surface area contributed by atoms with Crippen molar-refractivity contribution in [1.29, 1.82) is 0 Å². The van der Waals surface area contributed by atoms with Gasteiger partial charge in [0.1, 0.15) is 11.6 Å². The summed E-state index contributed by atoms with van der Waals surface area (Å²) in [5, 5.41) is 0. The lowest BCUT2D eigenvalue weighted by Crippen LogP contribution is -2.49. The van der Waals surface area contributed by atoms with Gasteiger partial charge < -0.3 is 10.6 Å². The zero-order valence-corrected chi connectivity index (χ0v) is 12.0. The van der Waals surface area contributed by atoms with E-state index in [0.717, 1.165) is 32.1 Å². The van der Waals surface area contributed by atoms with Crippen molar-refractivity contribution < 1.29 is 13.6 Å². The van der Waals surface area contributed by atoms with E-state index in [0.29, 0.717) is 19.6 Å². The largest absolute Gasteiger partial charge is 0.340 e. The summed E-state index contributed by atoms with van der Waals surface area (Å²) in [6, 6.07) is 3.32. The van der Waals surface area contributed by atoms with Gasteiger partial charge in [-0.25, -0.2) is 8.78 Å². The summed E-state index contributed by atoms with van der Waals surface area (Å²) < 4.78 is 26.4. The third-order valence-corrected chi connectivity index (χ3v) is 3.76. The van der Waals surface area contributed by atoms with Crippen molar-refractivity contribution in [2.45, 2.75) is 12.8 Å². The summed E-state index contributed by atoms with van der Waals surface area (Å²) >= 11 is 0. The Morgan fingerprint density at radius 1 is 1.19 bits per heavy atom. The lowest BCUT2D eigenvalue weighted by Gasteiger charge is -2.34. The highest BCUT2D eigenvalue weighted by Gasteiger charge is 2.21. The number of piperazine rings is 1. The molecule has 2 rings (SSSR count). The Hall–Kier alpha value is -1.53. The van der Waals surface area contributed by atoms with Gasteiger partial charge in [-0.15, -0.1) is 0 Å². The van der Waals surface area contributed by atoms with Crippen molar-refractivity contribution in [2.24, 2.45) is 5.73 Å². The number of halogens is 2. The normalized spacial score (nSPS) is 16.2. The molecule has 0 radical (unpaired) electrons. The number of hydrogen-bond donors (Lipinski definition) is 1. The van der Waals surface area contributed by atoms with Crippen molar-refractivity contribution >= 4 is 5.91 Å². The van der Waals surface area contributed by atoms with Gasteiger partial charge in [-0.2, -0.15) is 0 Å². The maximum absolute atomic E-state index is 13.5. The second-order valence-corrected chi connectivity index (χ2v) is 5.28. The maximum Gasteiger partial charge on any atom is 0.227 e. The number of amides is 1. The molecule has 0 spiro atoms. The molecule has 1 aromatic carbocycles. The standard InChI is InChI=1S/C15H21F2N3O/c16-13-3-2-12(14(17)11-13)10-15(21)20-8-6-19(7-9-20)5-1-4-18/h2-3,11H,1,4-10,18H2. The second kappa shape index (κ2) is 7.47. The van der Waals surface area contributed by atoms with Gasteiger partial charge in [-0.05, 0) is 31.1 Å². The van der Waals surface area contributed by atoms with Crippen molar-refractivity contribution in [2.75, 3.05) is 39.3 Å². The van der Waals surface area contributed by atoms with E-state index in [1.54, 1.807) is 4.90 Å². The topological polar surface area (TPSA) is 49.6 Å². The van der Waals surface area contributed by atoms with Gasteiger partial charge in [0.15, 0.2) is 0 Å². The van der Waals surface area contributed by atoms with Gasteiger partial charge in [0.2, 0.25) is 5.91 Å². The van der Waals surface area contributed by atoms with E-state index < -0.39 is 11.6 Å². The van der Waals surface area contributed by atoms with Crippen LogP contribution in [0.1, 0.15) is 12.0 Å². The first kappa shape index (κ1) is 15.9. The van der Waals surface area contributed by atoms with Gasteiger partial charge in [-0.3, -0.25) is 9.69 Å². The molecule has 4 nitrogen and oxygen atoms in total. The van der Waals surface area contributed by atoms with Crippen molar-refractivity contribution in [3.63, 3.8) is 0 Å². The Morgan fingerprint density at radius 2 is 1.90 bits per heavy atom. The number of carbonyl (C=O) groups excluding carboxylic acids is 1. The van der Waals surface area contributed by atoms with E-state index in [4.69, 9.17) is 5.73 Å². The summed E-state index contributed by atoms with van der Waals surface area (Å²) in [5.74, 6) is -1.40. The molecule has 0 aliphatic carbocycles. The first-order valence-electron chi connectivity index (χ1n) is 7.24. The van der Waals surface area contributed by atoms with Crippen LogP contribution in [0.3, 0.4) is 0 Å². The molecule has 6 heteroatoms. The molecule has 1 heterocycles. The minimum Gasteiger partial charge on any atom is -0.340 e. The molecule has 0 saturated carbocycles.